The molecule has 0 atom stereocenters. The van der Waals surface area contributed by atoms with E-state index in [4.69, 9.17) is 4.74 Å². The van der Waals surface area contributed by atoms with E-state index in [9.17, 15) is 8.42 Å². The summed E-state index contributed by atoms with van der Waals surface area (Å²) in [7, 11) is -3.24. The van der Waals surface area contributed by atoms with Crippen molar-refractivity contribution >= 4 is 16.0 Å². The summed E-state index contributed by atoms with van der Waals surface area (Å²) < 4.78 is 31.6. The number of nitrogens with one attached hydrogen (secondary N) is 1. The van der Waals surface area contributed by atoms with E-state index < -0.39 is 10.0 Å². The molecule has 0 saturated carbocycles. The van der Waals surface area contributed by atoms with E-state index in [1.807, 2.05) is 20.8 Å². The largest absolute Gasteiger partial charge is 0.378 e. The third-order valence-corrected chi connectivity index (χ3v) is 5.38. The maximum absolute atomic E-state index is 12.3. The van der Waals surface area contributed by atoms with Gasteiger partial charge in [-0.3, -0.25) is 4.99 Å². The van der Waals surface area contributed by atoms with Crippen molar-refractivity contribution in [3.8, 4) is 0 Å². The van der Waals surface area contributed by atoms with Crippen LogP contribution < -0.4 is 5.32 Å². The molecule has 0 aromatic heterocycles. The van der Waals surface area contributed by atoms with Crippen molar-refractivity contribution in [1.29, 1.82) is 0 Å². The molecule has 0 spiro atoms. The van der Waals surface area contributed by atoms with Crippen LogP contribution in [-0.4, -0.2) is 81.3 Å². The monoisotopic (exact) mass is 348 g/mol. The first-order valence-corrected chi connectivity index (χ1v) is 10.1. The lowest BCUT2D eigenvalue weighted by atomic mass is 10.4. The average Bonchev–Trinajstić information content (AvgIpc) is 2.51. The Bertz CT molecular complexity index is 457. The summed E-state index contributed by atoms with van der Waals surface area (Å²) in [6.07, 6.45) is 1.05. The lowest BCUT2D eigenvalue weighted by Gasteiger charge is -2.35. The van der Waals surface area contributed by atoms with Gasteiger partial charge in [-0.25, -0.2) is 8.42 Å². The van der Waals surface area contributed by atoms with Gasteiger partial charge < -0.3 is 15.0 Å². The number of sulfonamides is 1. The lowest BCUT2D eigenvalue weighted by Crippen LogP contribution is -2.54. The molecule has 0 aromatic rings. The fraction of sp³-hybridized carbons (Fsp3) is 0.933. The highest BCUT2D eigenvalue weighted by Gasteiger charge is 2.27. The van der Waals surface area contributed by atoms with Gasteiger partial charge in [0.15, 0.2) is 5.96 Å². The van der Waals surface area contributed by atoms with Crippen LogP contribution >= 0.6 is 0 Å². The van der Waals surface area contributed by atoms with Gasteiger partial charge in [0.25, 0.3) is 0 Å². The summed E-state index contributed by atoms with van der Waals surface area (Å²) >= 11 is 0. The molecule has 7 nitrogen and oxygen atoms in total. The Kier molecular flexibility index (Phi) is 8.86. The van der Waals surface area contributed by atoms with E-state index in [0.29, 0.717) is 26.2 Å². The van der Waals surface area contributed by atoms with Crippen molar-refractivity contribution in [2.24, 2.45) is 4.99 Å². The minimum absolute atomic E-state index is 0.0508. The average molecular weight is 349 g/mol. The van der Waals surface area contributed by atoms with E-state index in [1.54, 1.807) is 4.31 Å². The number of hydrogen-bond donors (Lipinski definition) is 1. The van der Waals surface area contributed by atoms with Crippen molar-refractivity contribution in [3.63, 3.8) is 0 Å². The molecule has 1 rings (SSSR count). The zero-order valence-corrected chi connectivity index (χ0v) is 15.7. The van der Waals surface area contributed by atoms with Gasteiger partial charge in [-0.05, 0) is 27.2 Å². The van der Waals surface area contributed by atoms with Gasteiger partial charge in [-0.15, -0.1) is 0 Å². The van der Waals surface area contributed by atoms with Crippen LogP contribution in [0.15, 0.2) is 4.99 Å². The van der Waals surface area contributed by atoms with Gasteiger partial charge in [-0.1, -0.05) is 6.92 Å². The molecule has 0 radical (unpaired) electrons. The van der Waals surface area contributed by atoms with Crippen LogP contribution in [0.2, 0.25) is 0 Å². The first-order valence-electron chi connectivity index (χ1n) is 8.53. The zero-order valence-electron chi connectivity index (χ0n) is 14.9. The fourth-order valence-electron chi connectivity index (χ4n) is 2.34. The summed E-state index contributed by atoms with van der Waals surface area (Å²) in [4.78, 5) is 6.69. The number of nitrogens with zero attached hydrogens (tertiary/aromatic N) is 3. The second-order valence-electron chi connectivity index (χ2n) is 5.86. The van der Waals surface area contributed by atoms with Gasteiger partial charge in [0.1, 0.15) is 0 Å². The minimum Gasteiger partial charge on any atom is -0.378 e. The van der Waals surface area contributed by atoms with Crippen LogP contribution in [0.5, 0.6) is 0 Å². The number of guanidine groups is 1. The highest BCUT2D eigenvalue weighted by atomic mass is 32.2. The van der Waals surface area contributed by atoms with E-state index >= 15 is 0 Å². The molecule has 1 aliphatic heterocycles. The zero-order chi connectivity index (χ0) is 17.3. The molecule has 1 saturated heterocycles. The summed E-state index contributed by atoms with van der Waals surface area (Å²) in [5.41, 5.74) is 0. The standard InChI is InChI=1S/C15H32N4O3S/c1-5-7-17-15(16-6-2)18-8-10-19(11-9-18)23(20,21)13-12-22-14(3)4/h14H,5-13H2,1-4H3,(H,16,17). The van der Waals surface area contributed by atoms with Gasteiger partial charge in [0, 0.05) is 39.3 Å². The third-order valence-electron chi connectivity index (χ3n) is 3.54. The Hall–Kier alpha value is -0.860. The molecule has 23 heavy (non-hydrogen) atoms. The molecule has 0 amide bonds. The van der Waals surface area contributed by atoms with Crippen LogP contribution in [-0.2, 0) is 14.8 Å². The second-order valence-corrected chi connectivity index (χ2v) is 7.95. The maximum atomic E-state index is 12.3. The SMILES string of the molecule is CCCN=C(NCC)N1CCN(S(=O)(=O)CCOC(C)C)CC1. The molecule has 0 bridgehead atoms. The van der Waals surface area contributed by atoms with Crippen LogP contribution in [0.1, 0.15) is 34.1 Å². The van der Waals surface area contributed by atoms with Crippen LogP contribution in [0, 0.1) is 0 Å². The Morgan fingerprint density at radius 3 is 2.39 bits per heavy atom. The van der Waals surface area contributed by atoms with Crippen molar-refractivity contribution in [2.45, 2.75) is 40.2 Å². The highest BCUT2D eigenvalue weighted by Crippen LogP contribution is 2.09. The molecule has 0 aliphatic carbocycles. The quantitative estimate of drug-likeness (QED) is 0.517. The predicted molar refractivity (Wildman–Crippen MR) is 94.3 cm³/mol. The molecular weight excluding hydrogens is 316 g/mol. The van der Waals surface area contributed by atoms with Crippen molar-refractivity contribution in [3.05, 3.63) is 0 Å². The fourth-order valence-corrected chi connectivity index (χ4v) is 3.62. The first kappa shape index (κ1) is 20.2. The van der Waals surface area contributed by atoms with E-state index in [1.165, 1.54) is 0 Å². The molecule has 1 heterocycles. The molecular formula is C15H32N4O3S. The third kappa shape index (κ3) is 7.05. The van der Waals surface area contributed by atoms with Crippen molar-refractivity contribution in [1.82, 2.24) is 14.5 Å². The Morgan fingerprint density at radius 2 is 1.87 bits per heavy atom. The number of piperazine rings is 1. The molecule has 1 N–H and O–H groups in total. The van der Waals surface area contributed by atoms with Crippen molar-refractivity contribution < 1.29 is 13.2 Å². The van der Waals surface area contributed by atoms with E-state index in [0.717, 1.165) is 25.5 Å². The van der Waals surface area contributed by atoms with Gasteiger partial charge in [0.05, 0.1) is 18.5 Å². The summed E-state index contributed by atoms with van der Waals surface area (Å²) in [6.45, 7) is 12.1. The van der Waals surface area contributed by atoms with Crippen LogP contribution in [0.4, 0.5) is 0 Å². The Balaban J connectivity index is 2.53. The van der Waals surface area contributed by atoms with Gasteiger partial charge in [0.2, 0.25) is 10.0 Å². The second kappa shape index (κ2) is 10.1. The molecule has 1 aliphatic rings. The number of aliphatic imine (C=N–C) groups is 1. The molecule has 1 fully saturated rings. The van der Waals surface area contributed by atoms with Gasteiger partial charge >= 0.3 is 0 Å². The number of ether oxygens (including phenoxy) is 1. The Labute approximate surface area is 141 Å². The summed E-state index contributed by atoms with van der Waals surface area (Å²) in [5.74, 6) is 0.935. The highest BCUT2D eigenvalue weighted by molar-refractivity contribution is 7.89. The van der Waals surface area contributed by atoms with Crippen LogP contribution in [0.25, 0.3) is 0 Å². The topological polar surface area (TPSA) is 74.2 Å². The predicted octanol–water partition coefficient (Wildman–Crippen LogP) is 0.734. The summed E-state index contributed by atoms with van der Waals surface area (Å²) in [5, 5.41) is 3.28. The van der Waals surface area contributed by atoms with Gasteiger partial charge in [-0.2, -0.15) is 4.31 Å². The summed E-state index contributed by atoms with van der Waals surface area (Å²) in [6, 6.07) is 0. The molecule has 0 aromatic carbocycles. The number of rotatable bonds is 8. The normalized spacial score (nSPS) is 17.8. The molecule has 0 unspecified atom stereocenters. The van der Waals surface area contributed by atoms with Crippen molar-refractivity contribution in [2.75, 3.05) is 51.6 Å². The van der Waals surface area contributed by atoms with E-state index in [2.05, 4.69) is 22.1 Å². The Morgan fingerprint density at radius 1 is 1.22 bits per heavy atom. The minimum atomic E-state index is -3.24. The number of hydrogen-bond acceptors (Lipinski definition) is 4. The smallest absolute Gasteiger partial charge is 0.216 e. The van der Waals surface area contributed by atoms with Crippen LogP contribution in [0.3, 0.4) is 0 Å². The first-order chi connectivity index (χ1) is 10.9. The molecule has 136 valence electrons. The van der Waals surface area contributed by atoms with E-state index in [-0.39, 0.29) is 18.5 Å². The molecule has 8 heteroatoms. The maximum Gasteiger partial charge on any atom is 0.216 e. The lowest BCUT2D eigenvalue weighted by molar-refractivity contribution is 0.0904.